The lowest BCUT2D eigenvalue weighted by atomic mass is 10.2. The third-order valence-corrected chi connectivity index (χ3v) is 3.99. The van der Waals surface area contributed by atoms with E-state index in [0.29, 0.717) is 17.6 Å². The van der Waals surface area contributed by atoms with Crippen LogP contribution in [0.15, 0.2) is 6.20 Å². The normalized spacial score (nSPS) is 15.2. The van der Waals surface area contributed by atoms with Crippen LogP contribution in [0.5, 0.6) is 0 Å². The molecule has 88 valence electrons. The summed E-state index contributed by atoms with van der Waals surface area (Å²) in [5.41, 5.74) is 8.02. The molecule has 2 aromatic heterocycles. The van der Waals surface area contributed by atoms with Crippen LogP contribution in [-0.4, -0.2) is 15.0 Å². The van der Waals surface area contributed by atoms with Crippen LogP contribution in [0.3, 0.4) is 0 Å². The van der Waals surface area contributed by atoms with Crippen molar-refractivity contribution in [1.82, 2.24) is 15.0 Å². The maximum absolute atomic E-state index is 5.92. The van der Waals surface area contributed by atoms with E-state index < -0.39 is 0 Å². The fourth-order valence-electron chi connectivity index (χ4n) is 1.91. The lowest BCUT2D eigenvalue weighted by Gasteiger charge is -2.00. The second-order valence-corrected chi connectivity index (χ2v) is 5.65. The van der Waals surface area contributed by atoms with Gasteiger partial charge in [-0.25, -0.2) is 15.0 Å². The van der Waals surface area contributed by atoms with E-state index in [2.05, 4.69) is 16.9 Å². The number of thiazole rings is 1. The van der Waals surface area contributed by atoms with Gasteiger partial charge in [-0.1, -0.05) is 0 Å². The number of nitrogens with zero attached hydrogens (tertiary/aromatic N) is 3. The zero-order valence-corrected chi connectivity index (χ0v) is 10.7. The zero-order valence-electron chi connectivity index (χ0n) is 9.90. The number of rotatable bonds is 2. The van der Waals surface area contributed by atoms with Crippen LogP contribution in [0.4, 0.5) is 5.82 Å². The smallest absolute Gasteiger partial charge is 0.137 e. The molecule has 0 radical (unpaired) electrons. The first-order valence-corrected chi connectivity index (χ1v) is 6.53. The average Bonchev–Trinajstić information content (AvgIpc) is 3.03. The average molecular weight is 246 g/mol. The number of nitrogens with two attached hydrogens (primary N) is 1. The molecule has 0 saturated heterocycles. The van der Waals surface area contributed by atoms with E-state index in [1.807, 2.05) is 6.92 Å². The molecule has 0 aromatic carbocycles. The minimum absolute atomic E-state index is 0.522. The molecule has 1 aliphatic carbocycles. The van der Waals surface area contributed by atoms with Crippen LogP contribution in [0.1, 0.15) is 35.2 Å². The standard InChI is InChI=1S/C12H14N4S/c1-6-10(8-3-4-8)16-12(17-6)9-5-14-7(2)15-11(9)13/h5,8H,3-4H2,1-2H3,(H2,13,14,15). The van der Waals surface area contributed by atoms with Gasteiger partial charge in [-0.2, -0.15) is 0 Å². The minimum Gasteiger partial charge on any atom is -0.383 e. The number of hydrogen-bond donors (Lipinski definition) is 1. The molecule has 3 rings (SSSR count). The molecule has 0 spiro atoms. The first-order chi connectivity index (χ1) is 8.15. The number of hydrogen-bond acceptors (Lipinski definition) is 5. The highest BCUT2D eigenvalue weighted by atomic mass is 32.1. The number of aryl methyl sites for hydroxylation is 2. The van der Waals surface area contributed by atoms with Crippen molar-refractivity contribution in [2.24, 2.45) is 0 Å². The van der Waals surface area contributed by atoms with Gasteiger partial charge in [-0.15, -0.1) is 11.3 Å². The Morgan fingerprint density at radius 2 is 2.06 bits per heavy atom. The second-order valence-electron chi connectivity index (χ2n) is 4.45. The van der Waals surface area contributed by atoms with Crippen LogP contribution in [-0.2, 0) is 0 Å². The Morgan fingerprint density at radius 1 is 1.29 bits per heavy atom. The first-order valence-electron chi connectivity index (χ1n) is 5.72. The van der Waals surface area contributed by atoms with Crippen molar-refractivity contribution in [2.45, 2.75) is 32.6 Å². The quantitative estimate of drug-likeness (QED) is 0.884. The van der Waals surface area contributed by atoms with Gasteiger partial charge in [0.25, 0.3) is 0 Å². The second kappa shape index (κ2) is 3.77. The topological polar surface area (TPSA) is 64.7 Å². The van der Waals surface area contributed by atoms with Gasteiger partial charge in [0, 0.05) is 17.0 Å². The highest BCUT2D eigenvalue weighted by molar-refractivity contribution is 7.15. The molecule has 0 atom stereocenters. The molecule has 1 saturated carbocycles. The molecule has 2 heterocycles. The van der Waals surface area contributed by atoms with Gasteiger partial charge in [0.1, 0.15) is 16.6 Å². The predicted octanol–water partition coefficient (Wildman–Crippen LogP) is 2.68. The molecule has 0 aliphatic heterocycles. The fraction of sp³-hybridized carbons (Fsp3) is 0.417. The van der Waals surface area contributed by atoms with Gasteiger partial charge in [0.05, 0.1) is 11.3 Å². The Kier molecular flexibility index (Phi) is 2.36. The SMILES string of the molecule is Cc1ncc(-c2nc(C3CC3)c(C)s2)c(N)n1. The van der Waals surface area contributed by atoms with Crippen molar-refractivity contribution in [1.29, 1.82) is 0 Å². The van der Waals surface area contributed by atoms with E-state index in [1.54, 1.807) is 17.5 Å². The summed E-state index contributed by atoms with van der Waals surface area (Å²) in [4.78, 5) is 14.4. The summed E-state index contributed by atoms with van der Waals surface area (Å²) in [7, 11) is 0. The fourth-order valence-corrected chi connectivity index (χ4v) is 2.93. The van der Waals surface area contributed by atoms with Gasteiger partial charge in [0.15, 0.2) is 0 Å². The maximum Gasteiger partial charge on any atom is 0.137 e. The first kappa shape index (κ1) is 10.7. The van der Waals surface area contributed by atoms with E-state index in [1.165, 1.54) is 23.4 Å². The number of aromatic nitrogens is 3. The molecular formula is C12H14N4S. The van der Waals surface area contributed by atoms with E-state index in [9.17, 15) is 0 Å². The molecule has 5 heteroatoms. The minimum atomic E-state index is 0.522. The number of anilines is 1. The lowest BCUT2D eigenvalue weighted by Crippen LogP contribution is -1.98. The van der Waals surface area contributed by atoms with Gasteiger partial charge >= 0.3 is 0 Å². The van der Waals surface area contributed by atoms with Gasteiger partial charge in [-0.05, 0) is 26.7 Å². The Labute approximate surface area is 104 Å². The molecular weight excluding hydrogens is 232 g/mol. The molecule has 17 heavy (non-hydrogen) atoms. The summed E-state index contributed by atoms with van der Waals surface area (Å²) < 4.78 is 0. The molecule has 2 N–H and O–H groups in total. The van der Waals surface area contributed by atoms with Crippen molar-refractivity contribution in [2.75, 3.05) is 5.73 Å². The molecule has 1 aliphatic rings. The summed E-state index contributed by atoms with van der Waals surface area (Å²) in [6, 6.07) is 0. The maximum atomic E-state index is 5.92. The van der Waals surface area contributed by atoms with Crippen molar-refractivity contribution in [3.8, 4) is 10.6 Å². The molecule has 0 amide bonds. The predicted molar refractivity (Wildman–Crippen MR) is 69.0 cm³/mol. The Morgan fingerprint density at radius 3 is 2.71 bits per heavy atom. The summed E-state index contributed by atoms with van der Waals surface area (Å²) in [6.07, 6.45) is 4.31. The monoisotopic (exact) mass is 246 g/mol. The number of nitrogen functional groups attached to an aromatic ring is 1. The Hall–Kier alpha value is -1.49. The highest BCUT2D eigenvalue weighted by Crippen LogP contribution is 2.44. The van der Waals surface area contributed by atoms with Gasteiger partial charge in [-0.3, -0.25) is 0 Å². The van der Waals surface area contributed by atoms with Crippen LogP contribution in [0, 0.1) is 13.8 Å². The van der Waals surface area contributed by atoms with E-state index >= 15 is 0 Å². The van der Waals surface area contributed by atoms with Gasteiger partial charge in [0.2, 0.25) is 0 Å². The van der Waals surface area contributed by atoms with Crippen LogP contribution in [0.25, 0.3) is 10.6 Å². The van der Waals surface area contributed by atoms with Crippen molar-refractivity contribution < 1.29 is 0 Å². The molecule has 1 fully saturated rings. The lowest BCUT2D eigenvalue weighted by molar-refractivity contribution is 1.03. The summed E-state index contributed by atoms with van der Waals surface area (Å²) in [6.45, 7) is 3.96. The zero-order chi connectivity index (χ0) is 12.0. The van der Waals surface area contributed by atoms with Crippen molar-refractivity contribution in [3.63, 3.8) is 0 Å². The van der Waals surface area contributed by atoms with Gasteiger partial charge < -0.3 is 5.73 Å². The molecule has 0 unspecified atom stereocenters. The third kappa shape index (κ3) is 1.91. The largest absolute Gasteiger partial charge is 0.383 e. The summed E-state index contributed by atoms with van der Waals surface area (Å²) >= 11 is 1.68. The van der Waals surface area contributed by atoms with Crippen LogP contribution < -0.4 is 5.73 Å². The van der Waals surface area contributed by atoms with E-state index in [0.717, 1.165) is 10.6 Å². The Bertz CT molecular complexity index is 572. The molecule has 4 nitrogen and oxygen atoms in total. The summed E-state index contributed by atoms with van der Waals surface area (Å²) in [5.74, 6) is 1.89. The van der Waals surface area contributed by atoms with Crippen molar-refractivity contribution in [3.05, 3.63) is 22.6 Å². The van der Waals surface area contributed by atoms with E-state index in [4.69, 9.17) is 10.7 Å². The molecule has 2 aromatic rings. The molecule has 0 bridgehead atoms. The van der Waals surface area contributed by atoms with Crippen LogP contribution >= 0.6 is 11.3 Å². The highest BCUT2D eigenvalue weighted by Gasteiger charge is 2.28. The van der Waals surface area contributed by atoms with E-state index in [-0.39, 0.29) is 0 Å². The summed E-state index contributed by atoms with van der Waals surface area (Å²) in [5, 5.41) is 0.946. The van der Waals surface area contributed by atoms with Crippen molar-refractivity contribution >= 4 is 17.2 Å². The Balaban J connectivity index is 2.05. The van der Waals surface area contributed by atoms with Crippen LogP contribution in [0.2, 0.25) is 0 Å². The third-order valence-electron chi connectivity index (χ3n) is 2.97.